The molecule has 5 nitrogen and oxygen atoms in total. The Balaban J connectivity index is 1.77. The van der Waals surface area contributed by atoms with Crippen molar-refractivity contribution in [3.05, 3.63) is 11.8 Å². The summed E-state index contributed by atoms with van der Waals surface area (Å²) in [4.78, 5) is 26.7. The lowest BCUT2D eigenvalue weighted by molar-refractivity contribution is -0.140. The zero-order chi connectivity index (χ0) is 13.8. The van der Waals surface area contributed by atoms with Crippen LogP contribution in [0.25, 0.3) is 0 Å². The predicted molar refractivity (Wildman–Crippen MR) is 71.5 cm³/mol. The molecule has 0 unspecified atom stereocenters. The molecule has 0 bridgehead atoms. The van der Waals surface area contributed by atoms with Gasteiger partial charge >= 0.3 is 5.97 Å². The first-order valence-electron chi connectivity index (χ1n) is 7.03. The molecule has 0 saturated carbocycles. The number of likely N-dealkylation sites (N-methyl/N-ethyl adjacent to an activating group) is 1. The summed E-state index contributed by atoms with van der Waals surface area (Å²) in [7, 11) is 0. The van der Waals surface area contributed by atoms with Crippen molar-refractivity contribution < 1.29 is 14.7 Å². The number of nitrogens with zero attached hydrogens (tertiary/aromatic N) is 2. The molecule has 1 N–H and O–H groups in total. The third-order valence-corrected chi connectivity index (χ3v) is 3.84. The molecule has 0 atom stereocenters. The molecule has 0 aromatic carbocycles. The van der Waals surface area contributed by atoms with Gasteiger partial charge in [0.25, 0.3) is 0 Å². The molecule has 0 aromatic rings. The zero-order valence-corrected chi connectivity index (χ0v) is 11.5. The Morgan fingerprint density at radius 1 is 1.47 bits per heavy atom. The van der Waals surface area contributed by atoms with Crippen LogP contribution in [0, 0.1) is 5.92 Å². The highest BCUT2D eigenvalue weighted by molar-refractivity contribution is 5.80. The molecule has 2 rings (SSSR count). The lowest BCUT2D eigenvalue weighted by atomic mass is 9.96. The fourth-order valence-electron chi connectivity index (χ4n) is 2.90. The summed E-state index contributed by atoms with van der Waals surface area (Å²) in [6.07, 6.45) is 5.59. The van der Waals surface area contributed by atoms with Crippen LogP contribution in [0.3, 0.4) is 0 Å². The first-order chi connectivity index (χ1) is 9.10. The number of allylic oxidation sites excluding steroid dienone is 2. The van der Waals surface area contributed by atoms with Gasteiger partial charge in [-0.2, -0.15) is 0 Å². The second-order valence-corrected chi connectivity index (χ2v) is 5.38. The van der Waals surface area contributed by atoms with Crippen LogP contribution >= 0.6 is 0 Å². The molecule has 2 aliphatic rings. The summed E-state index contributed by atoms with van der Waals surface area (Å²) in [5, 5.41) is 8.69. The number of carbonyl (C=O) groups is 2. The fourth-order valence-corrected chi connectivity index (χ4v) is 2.90. The molecule has 1 amide bonds. The number of likely N-dealkylation sites (tertiary alicyclic amines) is 1. The number of aliphatic carboxylic acids is 1. The van der Waals surface area contributed by atoms with Crippen molar-refractivity contribution in [2.24, 2.45) is 5.92 Å². The van der Waals surface area contributed by atoms with Gasteiger partial charge in [-0.05, 0) is 32.1 Å². The van der Waals surface area contributed by atoms with Gasteiger partial charge in [-0.3, -0.25) is 14.5 Å². The highest BCUT2D eigenvalue weighted by atomic mass is 16.4. The summed E-state index contributed by atoms with van der Waals surface area (Å²) >= 11 is 0. The number of carbonyl (C=O) groups excluding carboxylic acids is 1. The van der Waals surface area contributed by atoms with Gasteiger partial charge in [-0.1, -0.05) is 6.08 Å². The predicted octanol–water partition coefficient (Wildman–Crippen LogP) is 1.31. The fraction of sp³-hybridized carbons (Fsp3) is 0.714. The smallest absolute Gasteiger partial charge is 0.303 e. The summed E-state index contributed by atoms with van der Waals surface area (Å²) in [6.45, 7) is 4.60. The second-order valence-electron chi connectivity index (χ2n) is 5.38. The van der Waals surface area contributed by atoms with E-state index in [-0.39, 0.29) is 18.2 Å². The third kappa shape index (κ3) is 3.56. The van der Waals surface area contributed by atoms with Crippen molar-refractivity contribution >= 4 is 11.9 Å². The maximum Gasteiger partial charge on any atom is 0.303 e. The zero-order valence-electron chi connectivity index (χ0n) is 11.5. The minimum Gasteiger partial charge on any atom is -0.481 e. The van der Waals surface area contributed by atoms with Gasteiger partial charge in [0, 0.05) is 25.3 Å². The van der Waals surface area contributed by atoms with Crippen LogP contribution < -0.4 is 0 Å². The first-order valence-corrected chi connectivity index (χ1v) is 7.03. The van der Waals surface area contributed by atoms with Crippen LogP contribution in [-0.4, -0.2) is 53.0 Å². The van der Waals surface area contributed by atoms with E-state index in [2.05, 4.69) is 6.08 Å². The van der Waals surface area contributed by atoms with E-state index in [0.717, 1.165) is 44.6 Å². The van der Waals surface area contributed by atoms with Gasteiger partial charge in [0.2, 0.25) is 5.91 Å². The Bertz CT molecular complexity index is 386. The van der Waals surface area contributed by atoms with Gasteiger partial charge in [0.05, 0.1) is 13.0 Å². The lowest BCUT2D eigenvalue weighted by Crippen LogP contribution is -2.51. The largest absolute Gasteiger partial charge is 0.481 e. The Labute approximate surface area is 113 Å². The monoisotopic (exact) mass is 266 g/mol. The third-order valence-electron chi connectivity index (χ3n) is 3.84. The molecule has 1 aliphatic carbocycles. The van der Waals surface area contributed by atoms with Crippen molar-refractivity contribution in [1.82, 2.24) is 9.80 Å². The van der Waals surface area contributed by atoms with Gasteiger partial charge in [0.15, 0.2) is 0 Å². The minimum atomic E-state index is -0.748. The van der Waals surface area contributed by atoms with E-state index in [1.807, 2.05) is 16.7 Å². The van der Waals surface area contributed by atoms with Crippen LogP contribution in [0.1, 0.15) is 32.6 Å². The Kier molecular flexibility index (Phi) is 4.58. The summed E-state index contributed by atoms with van der Waals surface area (Å²) in [6, 6.07) is 0. The van der Waals surface area contributed by atoms with Crippen LogP contribution in [0.2, 0.25) is 0 Å². The normalized spacial score (nSPS) is 19.9. The van der Waals surface area contributed by atoms with Crippen LogP contribution in [0.4, 0.5) is 0 Å². The highest BCUT2D eigenvalue weighted by Crippen LogP contribution is 2.23. The Morgan fingerprint density at radius 3 is 2.74 bits per heavy atom. The second kappa shape index (κ2) is 6.19. The molecular weight excluding hydrogens is 244 g/mol. The van der Waals surface area contributed by atoms with E-state index in [9.17, 15) is 9.59 Å². The quantitative estimate of drug-likeness (QED) is 0.787. The first kappa shape index (κ1) is 14.1. The average Bonchev–Trinajstić information content (AvgIpc) is 2.80. The average molecular weight is 266 g/mol. The molecule has 19 heavy (non-hydrogen) atoms. The summed E-state index contributed by atoms with van der Waals surface area (Å²) in [5.74, 6) is -0.391. The van der Waals surface area contributed by atoms with Crippen molar-refractivity contribution in [2.75, 3.05) is 26.2 Å². The highest BCUT2D eigenvalue weighted by Gasteiger charge is 2.31. The molecule has 0 radical (unpaired) electrons. The molecule has 1 fully saturated rings. The minimum absolute atomic E-state index is 0.143. The Hall–Kier alpha value is -1.36. The van der Waals surface area contributed by atoms with Gasteiger partial charge in [-0.15, -0.1) is 0 Å². The molecule has 5 heteroatoms. The Morgan fingerprint density at radius 2 is 2.21 bits per heavy atom. The van der Waals surface area contributed by atoms with Crippen molar-refractivity contribution in [2.45, 2.75) is 32.6 Å². The number of carboxylic acids is 1. The van der Waals surface area contributed by atoms with E-state index in [0.29, 0.717) is 6.54 Å². The molecule has 106 valence electrons. The number of hydrogen-bond acceptors (Lipinski definition) is 3. The van der Waals surface area contributed by atoms with E-state index >= 15 is 0 Å². The number of hydrogen-bond donors (Lipinski definition) is 1. The van der Waals surface area contributed by atoms with Gasteiger partial charge in [-0.25, -0.2) is 0 Å². The van der Waals surface area contributed by atoms with Crippen molar-refractivity contribution in [1.29, 1.82) is 0 Å². The van der Waals surface area contributed by atoms with E-state index in [1.54, 1.807) is 0 Å². The molecule has 0 aromatic heterocycles. The van der Waals surface area contributed by atoms with Crippen molar-refractivity contribution in [3.8, 4) is 0 Å². The summed E-state index contributed by atoms with van der Waals surface area (Å²) in [5.41, 5.74) is 1.16. The number of rotatable bonds is 6. The van der Waals surface area contributed by atoms with Crippen LogP contribution in [0.15, 0.2) is 11.8 Å². The van der Waals surface area contributed by atoms with Crippen LogP contribution in [0.5, 0.6) is 0 Å². The summed E-state index contributed by atoms with van der Waals surface area (Å²) < 4.78 is 0. The molecule has 0 spiro atoms. The standard InChI is InChI=1S/C14H22N2O3/c1-2-16(12-5-3-4-6-12)13(17)10-15-8-11(9-15)7-14(18)19/h5,11H,2-4,6-10H2,1H3,(H,18,19). The topological polar surface area (TPSA) is 60.9 Å². The lowest BCUT2D eigenvalue weighted by Gasteiger charge is -2.39. The maximum absolute atomic E-state index is 12.2. The number of amides is 1. The van der Waals surface area contributed by atoms with Crippen molar-refractivity contribution in [3.63, 3.8) is 0 Å². The van der Waals surface area contributed by atoms with E-state index in [1.165, 1.54) is 0 Å². The maximum atomic E-state index is 12.2. The van der Waals surface area contributed by atoms with Gasteiger partial charge < -0.3 is 10.0 Å². The molecule has 1 aliphatic heterocycles. The van der Waals surface area contributed by atoms with E-state index in [4.69, 9.17) is 5.11 Å². The molecular formula is C14H22N2O3. The SMILES string of the molecule is CCN(C(=O)CN1CC(CC(=O)O)C1)C1=CCCC1. The molecule has 1 heterocycles. The van der Waals surface area contributed by atoms with E-state index < -0.39 is 5.97 Å². The van der Waals surface area contributed by atoms with Crippen LogP contribution in [-0.2, 0) is 9.59 Å². The number of carboxylic acid groups (broad SMARTS) is 1. The molecule has 1 saturated heterocycles. The van der Waals surface area contributed by atoms with Gasteiger partial charge in [0.1, 0.15) is 0 Å².